The second-order valence-corrected chi connectivity index (χ2v) is 5.23. The highest BCUT2D eigenvalue weighted by molar-refractivity contribution is 7.54. The van der Waals surface area contributed by atoms with Gasteiger partial charge in [0.25, 0.3) is 0 Å². The normalized spacial score (nSPS) is 13.9. The van der Waals surface area contributed by atoms with Gasteiger partial charge in [-0.1, -0.05) is 12.2 Å². The van der Waals surface area contributed by atoms with Crippen LogP contribution in [0.3, 0.4) is 0 Å². The zero-order valence-electron chi connectivity index (χ0n) is 10.0. The van der Waals surface area contributed by atoms with Crippen LogP contribution in [0.2, 0.25) is 0 Å². The van der Waals surface area contributed by atoms with Crippen molar-refractivity contribution >= 4 is 14.0 Å². The van der Waals surface area contributed by atoms with Crippen LogP contribution >= 0.6 is 7.60 Å². The average Bonchev–Trinajstić information content (AvgIpc) is 2.18. The predicted octanol–water partition coefficient (Wildman–Crippen LogP) is 1.94. The van der Waals surface area contributed by atoms with E-state index in [1.54, 1.807) is 26.0 Å². The Balaban J connectivity index is 4.20. The molecule has 0 heterocycles. The van der Waals surface area contributed by atoms with Crippen LogP contribution < -0.4 is 5.32 Å². The van der Waals surface area contributed by atoms with Gasteiger partial charge in [0.2, 0.25) is 6.41 Å². The van der Waals surface area contributed by atoms with Crippen LogP contribution in [0.25, 0.3) is 0 Å². The minimum Gasteiger partial charge on any atom is -0.353 e. The van der Waals surface area contributed by atoms with Crippen LogP contribution in [-0.4, -0.2) is 31.8 Å². The second-order valence-electron chi connectivity index (χ2n) is 3.13. The number of rotatable bonds is 9. The molecule has 6 heteroatoms. The molecule has 16 heavy (non-hydrogen) atoms. The highest BCUT2D eigenvalue weighted by Crippen LogP contribution is 2.47. The Kier molecular flexibility index (Phi) is 8.16. The van der Waals surface area contributed by atoms with Gasteiger partial charge in [-0.2, -0.15) is 0 Å². The first-order chi connectivity index (χ1) is 7.58. The first kappa shape index (κ1) is 15.4. The first-order valence-corrected chi connectivity index (χ1v) is 7.05. The summed E-state index contributed by atoms with van der Waals surface area (Å²) in [6.07, 6.45) is 4.30. The van der Waals surface area contributed by atoms with E-state index >= 15 is 0 Å². The van der Waals surface area contributed by atoms with Gasteiger partial charge in [-0.3, -0.25) is 9.36 Å². The Morgan fingerprint density at radius 2 is 1.88 bits per heavy atom. The quantitative estimate of drug-likeness (QED) is 0.385. The SMILES string of the molecule is CCOP(=O)(CC=CC(C)NC=O)OCC. The Morgan fingerprint density at radius 1 is 1.31 bits per heavy atom. The molecule has 0 aromatic carbocycles. The van der Waals surface area contributed by atoms with E-state index in [9.17, 15) is 9.36 Å². The molecule has 0 bridgehead atoms. The monoisotopic (exact) mass is 249 g/mol. The van der Waals surface area contributed by atoms with Gasteiger partial charge < -0.3 is 14.4 Å². The molecule has 0 aliphatic rings. The summed E-state index contributed by atoms with van der Waals surface area (Å²) in [5, 5.41) is 2.56. The molecule has 1 amide bonds. The first-order valence-electron chi connectivity index (χ1n) is 5.32. The maximum absolute atomic E-state index is 12.0. The van der Waals surface area contributed by atoms with Gasteiger partial charge in [-0.25, -0.2) is 0 Å². The van der Waals surface area contributed by atoms with Gasteiger partial charge in [-0.15, -0.1) is 0 Å². The molecule has 5 nitrogen and oxygen atoms in total. The second kappa shape index (κ2) is 8.50. The number of hydrogen-bond acceptors (Lipinski definition) is 4. The van der Waals surface area contributed by atoms with Crippen molar-refractivity contribution in [2.45, 2.75) is 26.8 Å². The van der Waals surface area contributed by atoms with Gasteiger partial charge in [0.05, 0.1) is 19.4 Å². The van der Waals surface area contributed by atoms with Crippen LogP contribution in [0, 0.1) is 0 Å². The molecule has 0 aliphatic heterocycles. The maximum atomic E-state index is 12.0. The molecule has 0 aromatic heterocycles. The fraction of sp³-hybridized carbons (Fsp3) is 0.700. The third-order valence-corrected chi connectivity index (χ3v) is 3.70. The molecule has 0 rings (SSSR count). The van der Waals surface area contributed by atoms with Gasteiger partial charge in [0, 0.05) is 6.04 Å². The van der Waals surface area contributed by atoms with E-state index in [0.717, 1.165) is 0 Å². The molecule has 0 spiro atoms. The van der Waals surface area contributed by atoms with Gasteiger partial charge >= 0.3 is 7.60 Å². The van der Waals surface area contributed by atoms with Crippen molar-refractivity contribution in [3.05, 3.63) is 12.2 Å². The standard InChI is InChI=1S/C10H20NO4P/c1-4-14-16(13,15-5-2)8-6-7-10(3)11-9-12/h6-7,9-10H,4-5,8H2,1-3H3,(H,11,12). The molecule has 0 aromatic rings. The van der Waals surface area contributed by atoms with Crippen molar-refractivity contribution in [1.82, 2.24) is 5.32 Å². The lowest BCUT2D eigenvalue weighted by molar-refractivity contribution is -0.109. The van der Waals surface area contributed by atoms with E-state index in [2.05, 4.69) is 5.32 Å². The lowest BCUT2D eigenvalue weighted by Crippen LogP contribution is -2.21. The number of allylic oxidation sites excluding steroid dienone is 1. The van der Waals surface area contributed by atoms with Crippen molar-refractivity contribution in [2.24, 2.45) is 0 Å². The molecular weight excluding hydrogens is 229 g/mol. The highest BCUT2D eigenvalue weighted by atomic mass is 31.2. The molecule has 0 saturated heterocycles. The Morgan fingerprint density at radius 3 is 2.31 bits per heavy atom. The molecular formula is C10H20NO4P. The molecule has 0 aliphatic carbocycles. The Bertz CT molecular complexity index is 258. The minimum atomic E-state index is -3.00. The van der Waals surface area contributed by atoms with Gasteiger partial charge in [0.1, 0.15) is 0 Å². The number of carbonyl (C=O) groups excluding carboxylic acids is 1. The zero-order valence-corrected chi connectivity index (χ0v) is 10.9. The van der Waals surface area contributed by atoms with Crippen LogP contribution in [-0.2, 0) is 18.4 Å². The fourth-order valence-corrected chi connectivity index (χ4v) is 2.55. The highest BCUT2D eigenvalue weighted by Gasteiger charge is 2.21. The lowest BCUT2D eigenvalue weighted by Gasteiger charge is -2.15. The Labute approximate surface area is 96.7 Å². The summed E-state index contributed by atoms with van der Waals surface area (Å²) in [5.74, 6) is 0. The van der Waals surface area contributed by atoms with Crippen LogP contribution in [0.1, 0.15) is 20.8 Å². The molecule has 0 radical (unpaired) electrons. The molecule has 94 valence electrons. The van der Waals surface area contributed by atoms with Crippen molar-refractivity contribution in [3.8, 4) is 0 Å². The topological polar surface area (TPSA) is 64.6 Å². The number of carbonyl (C=O) groups is 1. The number of amides is 1. The molecule has 0 fully saturated rings. The van der Waals surface area contributed by atoms with Crippen LogP contribution in [0.5, 0.6) is 0 Å². The molecule has 1 unspecified atom stereocenters. The van der Waals surface area contributed by atoms with E-state index in [4.69, 9.17) is 9.05 Å². The fourth-order valence-electron chi connectivity index (χ4n) is 1.09. The number of hydrogen-bond donors (Lipinski definition) is 1. The zero-order chi connectivity index (χ0) is 12.4. The van der Waals surface area contributed by atoms with Crippen molar-refractivity contribution in [2.75, 3.05) is 19.4 Å². The minimum absolute atomic E-state index is 0.0887. The summed E-state index contributed by atoms with van der Waals surface area (Å²) in [5.41, 5.74) is 0. The average molecular weight is 249 g/mol. The summed E-state index contributed by atoms with van der Waals surface area (Å²) in [6.45, 7) is 6.07. The summed E-state index contributed by atoms with van der Waals surface area (Å²) in [4.78, 5) is 10.1. The smallest absolute Gasteiger partial charge is 0.334 e. The summed E-state index contributed by atoms with van der Waals surface area (Å²) in [7, 11) is -3.00. The van der Waals surface area contributed by atoms with Crippen molar-refractivity contribution in [3.63, 3.8) is 0 Å². The molecule has 0 saturated carbocycles. The van der Waals surface area contributed by atoms with E-state index in [0.29, 0.717) is 19.6 Å². The van der Waals surface area contributed by atoms with Crippen molar-refractivity contribution < 1.29 is 18.4 Å². The predicted molar refractivity (Wildman–Crippen MR) is 63.5 cm³/mol. The maximum Gasteiger partial charge on any atom is 0.334 e. The third-order valence-electron chi connectivity index (χ3n) is 1.74. The molecule has 1 N–H and O–H groups in total. The van der Waals surface area contributed by atoms with Crippen LogP contribution in [0.15, 0.2) is 12.2 Å². The number of nitrogens with one attached hydrogen (secondary N) is 1. The van der Waals surface area contributed by atoms with Gasteiger partial charge in [-0.05, 0) is 20.8 Å². The van der Waals surface area contributed by atoms with E-state index in [1.165, 1.54) is 0 Å². The summed E-state index contributed by atoms with van der Waals surface area (Å²) < 4.78 is 22.2. The van der Waals surface area contributed by atoms with E-state index in [-0.39, 0.29) is 12.2 Å². The van der Waals surface area contributed by atoms with E-state index < -0.39 is 7.60 Å². The largest absolute Gasteiger partial charge is 0.353 e. The summed E-state index contributed by atoms with van der Waals surface area (Å²) >= 11 is 0. The van der Waals surface area contributed by atoms with Gasteiger partial charge in [0.15, 0.2) is 0 Å². The molecule has 1 atom stereocenters. The van der Waals surface area contributed by atoms with Crippen molar-refractivity contribution in [1.29, 1.82) is 0 Å². The van der Waals surface area contributed by atoms with E-state index in [1.807, 2.05) is 6.92 Å². The third kappa shape index (κ3) is 6.77. The van der Waals surface area contributed by atoms with Crippen LogP contribution in [0.4, 0.5) is 0 Å². The summed E-state index contributed by atoms with van der Waals surface area (Å²) in [6, 6.07) is -0.0887. The Hall–Kier alpha value is -0.640. The lowest BCUT2D eigenvalue weighted by atomic mass is 10.3.